The third kappa shape index (κ3) is 10.8. The molecule has 3 aromatic rings. The first-order chi connectivity index (χ1) is 18.4. The van der Waals surface area contributed by atoms with Crippen molar-refractivity contribution in [2.45, 2.75) is 25.2 Å². The van der Waals surface area contributed by atoms with Gasteiger partial charge in [-0.25, -0.2) is 9.10 Å². The van der Waals surface area contributed by atoms with Gasteiger partial charge in [0.1, 0.15) is 11.3 Å². The number of hydrogen-bond donors (Lipinski definition) is 0. The van der Waals surface area contributed by atoms with Gasteiger partial charge in [-0.05, 0) is 110 Å². The highest BCUT2D eigenvalue weighted by molar-refractivity contribution is 7.97. The van der Waals surface area contributed by atoms with Crippen LogP contribution in [0.3, 0.4) is 0 Å². The lowest BCUT2D eigenvalue weighted by Gasteiger charge is -2.24. The van der Waals surface area contributed by atoms with Crippen LogP contribution in [0.25, 0.3) is 11.0 Å². The zero-order valence-electron chi connectivity index (χ0n) is 24.9. The molecule has 0 fully saturated rings. The highest BCUT2D eigenvalue weighted by Crippen LogP contribution is 2.29. The van der Waals surface area contributed by atoms with Gasteiger partial charge in [0.15, 0.2) is 0 Å². The van der Waals surface area contributed by atoms with Crippen LogP contribution in [0.5, 0.6) is 5.75 Å². The fourth-order valence-electron chi connectivity index (χ4n) is 3.80. The zero-order valence-corrected chi connectivity index (χ0v) is 25.7. The summed E-state index contributed by atoms with van der Waals surface area (Å²) in [6.07, 6.45) is 0.486. The van der Waals surface area contributed by atoms with Crippen molar-refractivity contribution >= 4 is 29.4 Å². The minimum Gasteiger partial charge on any atom is -0.428 e. The van der Waals surface area contributed by atoms with Crippen molar-refractivity contribution in [1.29, 1.82) is 0 Å². The number of carbonyl (C=O) groups excluding carboxylic acids is 1. The Morgan fingerprint density at radius 3 is 2.08 bits per heavy atom. The molecule has 214 valence electrons. The molecular weight excluding hydrogens is 512 g/mol. The van der Waals surface area contributed by atoms with Crippen molar-refractivity contribution in [3.8, 4) is 5.75 Å². The van der Waals surface area contributed by atoms with Crippen LogP contribution >= 0.6 is 11.9 Å². The van der Waals surface area contributed by atoms with Gasteiger partial charge >= 0.3 is 5.63 Å². The van der Waals surface area contributed by atoms with Crippen molar-refractivity contribution in [2.24, 2.45) is 0 Å². The van der Waals surface area contributed by atoms with E-state index in [1.54, 1.807) is 18.0 Å². The average molecular weight is 557 g/mol. The predicted molar refractivity (Wildman–Crippen MR) is 162 cm³/mol. The molecule has 0 atom stereocenters. The minimum atomic E-state index is -0.368. The summed E-state index contributed by atoms with van der Waals surface area (Å²) >= 11 is 1.75. The molecule has 0 aliphatic heterocycles. The molecule has 1 aromatic heterocycles. The maximum absolute atomic E-state index is 12.9. The summed E-state index contributed by atoms with van der Waals surface area (Å²) in [6, 6.07) is 11.8. The van der Waals surface area contributed by atoms with Crippen molar-refractivity contribution in [3.63, 3.8) is 0 Å². The van der Waals surface area contributed by atoms with Crippen LogP contribution in [-0.2, 0) is 11.2 Å². The van der Waals surface area contributed by atoms with Gasteiger partial charge in [-0.15, -0.1) is 0 Å². The Hall–Kier alpha value is -2.69. The number of aryl methyl sites for hydroxylation is 2. The Balaban J connectivity index is 0.00000124. The van der Waals surface area contributed by atoms with E-state index in [0.717, 1.165) is 53.2 Å². The van der Waals surface area contributed by atoms with Gasteiger partial charge in [0, 0.05) is 54.5 Å². The zero-order chi connectivity index (χ0) is 29.1. The van der Waals surface area contributed by atoms with Crippen molar-refractivity contribution < 1.29 is 13.9 Å². The third-order valence-corrected chi connectivity index (χ3v) is 6.95. The SMILES string of the molecule is CN(C)C.Cc1cc2c(C)c(Cc3cccc(SN(CCN(C)C)CCN(C)C)c3)c(=O)oc2cc1OC=O. The van der Waals surface area contributed by atoms with Gasteiger partial charge in [0.2, 0.25) is 0 Å². The molecule has 0 N–H and O–H groups in total. The molecule has 8 nitrogen and oxygen atoms in total. The van der Waals surface area contributed by atoms with Crippen LogP contribution in [0.4, 0.5) is 0 Å². The van der Waals surface area contributed by atoms with Crippen LogP contribution in [-0.4, -0.2) is 101 Å². The number of hydrogen-bond acceptors (Lipinski definition) is 9. The van der Waals surface area contributed by atoms with Crippen molar-refractivity contribution in [1.82, 2.24) is 19.0 Å². The molecule has 0 radical (unpaired) electrons. The molecule has 0 saturated carbocycles. The van der Waals surface area contributed by atoms with E-state index in [0.29, 0.717) is 29.8 Å². The number of fused-ring (bicyclic) bond motifs is 1. The summed E-state index contributed by atoms with van der Waals surface area (Å²) < 4.78 is 13.0. The molecule has 0 saturated heterocycles. The Morgan fingerprint density at radius 2 is 1.51 bits per heavy atom. The van der Waals surface area contributed by atoms with E-state index < -0.39 is 0 Å². The van der Waals surface area contributed by atoms with Gasteiger partial charge < -0.3 is 23.9 Å². The molecule has 9 heteroatoms. The first-order valence-electron chi connectivity index (χ1n) is 13.0. The van der Waals surface area contributed by atoms with E-state index in [9.17, 15) is 9.59 Å². The lowest BCUT2D eigenvalue weighted by Crippen LogP contribution is -2.32. The number of ether oxygens (including phenoxy) is 1. The summed E-state index contributed by atoms with van der Waals surface area (Å²) in [5, 5.41) is 0.847. The standard InChI is InChI=1S/C27H35N3O4S.C3H9N/c1-19-14-23-20(2)24(27(32)34-26(23)17-25(19)33-18-31)16-21-8-7-9-22(15-21)35-30(12-10-28(3)4)13-11-29(5)6;1-4(2)3/h7-9,14-15,17-18H,10-13,16H2,1-6H3;1-3H3. The van der Waals surface area contributed by atoms with Crippen molar-refractivity contribution in [3.05, 3.63) is 69.1 Å². The normalized spacial score (nSPS) is 11.4. The van der Waals surface area contributed by atoms with Gasteiger partial charge in [-0.3, -0.25) is 4.79 Å². The highest BCUT2D eigenvalue weighted by Gasteiger charge is 2.15. The molecule has 0 amide bonds. The number of likely N-dealkylation sites (N-methyl/N-ethyl adjacent to an activating group) is 2. The number of carbonyl (C=O) groups is 1. The molecule has 0 bridgehead atoms. The van der Waals surface area contributed by atoms with Crippen LogP contribution in [0.2, 0.25) is 0 Å². The lowest BCUT2D eigenvalue weighted by molar-refractivity contribution is -0.120. The largest absolute Gasteiger partial charge is 0.428 e. The molecule has 0 spiro atoms. The smallest absolute Gasteiger partial charge is 0.340 e. The fourth-order valence-corrected chi connectivity index (χ4v) is 4.79. The maximum Gasteiger partial charge on any atom is 0.340 e. The second kappa shape index (κ2) is 15.8. The Bertz CT molecular complexity index is 1260. The van der Waals surface area contributed by atoms with Crippen LogP contribution in [0, 0.1) is 13.8 Å². The number of benzene rings is 2. The average Bonchev–Trinajstić information content (AvgIpc) is 2.84. The second-order valence-electron chi connectivity index (χ2n) is 10.6. The maximum atomic E-state index is 12.9. The topological polar surface area (TPSA) is 69.5 Å². The minimum absolute atomic E-state index is 0.368. The quantitative estimate of drug-likeness (QED) is 0.186. The molecule has 1 heterocycles. The molecular formula is C30H44N4O4S. The Morgan fingerprint density at radius 1 is 0.897 bits per heavy atom. The van der Waals surface area contributed by atoms with Gasteiger partial charge in [-0.2, -0.15) is 0 Å². The molecule has 2 aromatic carbocycles. The van der Waals surface area contributed by atoms with Crippen LogP contribution in [0.15, 0.2) is 50.5 Å². The first kappa shape index (κ1) is 32.5. The van der Waals surface area contributed by atoms with Gasteiger partial charge in [-0.1, -0.05) is 12.1 Å². The Labute approximate surface area is 237 Å². The summed E-state index contributed by atoms with van der Waals surface area (Å²) in [4.78, 5) is 31.2. The highest BCUT2D eigenvalue weighted by atomic mass is 32.2. The predicted octanol–water partition coefficient (Wildman–Crippen LogP) is 4.15. The lowest BCUT2D eigenvalue weighted by atomic mass is 9.98. The van der Waals surface area contributed by atoms with E-state index in [-0.39, 0.29) is 5.63 Å². The van der Waals surface area contributed by atoms with E-state index in [4.69, 9.17) is 9.15 Å². The summed E-state index contributed by atoms with van der Waals surface area (Å²) in [7, 11) is 14.4. The third-order valence-electron chi connectivity index (χ3n) is 5.87. The monoisotopic (exact) mass is 556 g/mol. The van der Waals surface area contributed by atoms with E-state index in [2.05, 4.69) is 54.4 Å². The van der Waals surface area contributed by atoms with Gasteiger partial charge in [0.05, 0.1) is 0 Å². The first-order valence-corrected chi connectivity index (χ1v) is 13.8. The van der Waals surface area contributed by atoms with Gasteiger partial charge in [0.25, 0.3) is 6.47 Å². The second-order valence-corrected chi connectivity index (χ2v) is 11.8. The Kier molecular flexibility index (Phi) is 13.2. The van der Waals surface area contributed by atoms with E-state index in [1.807, 2.05) is 58.1 Å². The molecule has 0 aliphatic rings. The van der Waals surface area contributed by atoms with Crippen molar-refractivity contribution in [2.75, 3.05) is 75.5 Å². The molecule has 3 rings (SSSR count). The number of rotatable bonds is 12. The van der Waals surface area contributed by atoms with E-state index in [1.165, 1.54) is 0 Å². The molecule has 0 aliphatic carbocycles. The van der Waals surface area contributed by atoms with Crippen LogP contribution < -0.4 is 10.4 Å². The summed E-state index contributed by atoms with van der Waals surface area (Å²) in [5.74, 6) is 0.389. The fraction of sp³-hybridized carbons (Fsp3) is 0.467. The molecule has 39 heavy (non-hydrogen) atoms. The summed E-state index contributed by atoms with van der Waals surface area (Å²) in [6.45, 7) is 8.06. The van der Waals surface area contributed by atoms with Crippen LogP contribution in [0.1, 0.15) is 22.3 Å². The summed E-state index contributed by atoms with van der Waals surface area (Å²) in [5.41, 5.74) is 3.44. The van der Waals surface area contributed by atoms with E-state index >= 15 is 0 Å². The number of nitrogens with zero attached hydrogens (tertiary/aromatic N) is 4. The molecule has 0 unspecified atom stereocenters.